The maximum Gasteiger partial charge on any atom is 0.313 e. The number of rotatable bonds is 5. The highest BCUT2D eigenvalue weighted by Crippen LogP contribution is 2.54. The van der Waals surface area contributed by atoms with Crippen LogP contribution in [0.1, 0.15) is 36.5 Å². The lowest BCUT2D eigenvalue weighted by molar-refractivity contribution is -0.159. The van der Waals surface area contributed by atoms with Crippen LogP contribution in [0.4, 0.5) is 5.69 Å². The predicted molar refractivity (Wildman–Crippen MR) is 171 cm³/mol. The number of para-hydroxylation sites is 1. The average Bonchev–Trinajstić information content (AvgIpc) is 3.43. The molecular weight excluding hydrogens is 586 g/mol. The first-order valence-corrected chi connectivity index (χ1v) is 16.0. The Morgan fingerprint density at radius 1 is 1.00 bits per heavy atom. The number of carbonyl (C=O) groups excluding carboxylic acids is 4. The van der Waals surface area contributed by atoms with Crippen LogP contribution in [0.25, 0.3) is 0 Å². The molecule has 0 radical (unpaired) electrons. The van der Waals surface area contributed by atoms with Gasteiger partial charge in [0.2, 0.25) is 11.8 Å². The van der Waals surface area contributed by atoms with Gasteiger partial charge in [-0.15, -0.1) is 0 Å². The van der Waals surface area contributed by atoms with Gasteiger partial charge in [-0.2, -0.15) is 0 Å². The number of hydrogen-bond acceptors (Lipinski definition) is 7. The molecule has 0 bridgehead atoms. The van der Waals surface area contributed by atoms with Gasteiger partial charge in [0.1, 0.15) is 23.7 Å². The molecule has 10 nitrogen and oxygen atoms in total. The van der Waals surface area contributed by atoms with E-state index in [1.165, 1.54) is 4.90 Å². The number of carbonyl (C=O) groups is 4. The molecule has 46 heavy (non-hydrogen) atoms. The molecule has 2 fully saturated rings. The Morgan fingerprint density at radius 2 is 1.74 bits per heavy atom. The number of aliphatic hydroxyl groups excluding tert-OH is 1. The fraction of sp³-hybridized carbons (Fsp3) is 0.444. The Balaban J connectivity index is 1.48. The number of anilines is 1. The van der Waals surface area contributed by atoms with E-state index in [9.17, 15) is 24.3 Å². The van der Waals surface area contributed by atoms with Gasteiger partial charge >= 0.3 is 5.97 Å². The normalized spacial score (nSPS) is 31.1. The van der Waals surface area contributed by atoms with Crippen LogP contribution in [0.2, 0.25) is 0 Å². The molecular formula is C36H41N3O7. The van der Waals surface area contributed by atoms with Crippen molar-refractivity contribution in [1.29, 1.82) is 0 Å². The van der Waals surface area contributed by atoms with Gasteiger partial charge in [-0.05, 0) is 50.3 Å². The summed E-state index contributed by atoms with van der Waals surface area (Å²) in [7, 11) is 0. The SMILES string of the molecule is Cc1cccc(C)c1N1CC=C[C@@]23O[C@H]4/C=C\CCC(=O)NC[C@H](C)OC(=O)[C@H]4[C@@H]2C(=O)N([C@@H](CO)Cc2ccccc2)[C@H]3C1=O. The van der Waals surface area contributed by atoms with Crippen LogP contribution in [0.5, 0.6) is 0 Å². The van der Waals surface area contributed by atoms with Crippen molar-refractivity contribution < 1.29 is 33.8 Å². The van der Waals surface area contributed by atoms with E-state index in [1.54, 1.807) is 30.1 Å². The summed E-state index contributed by atoms with van der Waals surface area (Å²) in [4.78, 5) is 59.1. The van der Waals surface area contributed by atoms with Crippen LogP contribution in [0, 0.1) is 25.7 Å². The molecule has 4 heterocycles. The van der Waals surface area contributed by atoms with E-state index >= 15 is 0 Å². The minimum Gasteiger partial charge on any atom is -0.460 e. The molecule has 7 atom stereocenters. The van der Waals surface area contributed by atoms with Crippen molar-refractivity contribution in [2.75, 3.05) is 24.6 Å². The van der Waals surface area contributed by atoms with Crippen LogP contribution in [0.15, 0.2) is 72.8 Å². The van der Waals surface area contributed by atoms with Gasteiger partial charge in [0.15, 0.2) is 0 Å². The molecule has 2 aromatic rings. The minimum atomic E-state index is -1.50. The average molecular weight is 628 g/mol. The molecule has 4 aliphatic rings. The van der Waals surface area contributed by atoms with E-state index in [0.29, 0.717) is 12.8 Å². The standard InChI is InChI=1S/C36H41N3O7/c1-22-11-9-12-23(2)31(22)38-18-10-17-36-30(29-27(46-36)15-7-8-16-28(41)37-20-24(3)45-35(29)44)33(42)39(32(36)34(38)43)26(21-40)19-25-13-5-4-6-14-25/h4-7,9-15,17,24,26-27,29-30,32,40H,8,16,18-21H2,1-3H3,(H,37,41)/b15-7-/t24-,26+,27-,29+,30+,32-,36+/m0/s1. The number of likely N-dealkylation sites (tertiary alicyclic amines) is 1. The molecule has 2 aromatic carbocycles. The number of nitrogens with zero attached hydrogens (tertiary/aromatic N) is 2. The number of amides is 3. The zero-order valence-corrected chi connectivity index (χ0v) is 26.4. The molecule has 0 unspecified atom stereocenters. The molecule has 2 N–H and O–H groups in total. The third-order valence-electron chi connectivity index (χ3n) is 9.60. The lowest BCUT2D eigenvalue weighted by atomic mass is 9.78. The highest BCUT2D eigenvalue weighted by atomic mass is 16.6. The van der Waals surface area contributed by atoms with Crippen LogP contribution in [-0.4, -0.2) is 83.3 Å². The molecule has 6 rings (SSSR count). The number of cyclic esters (lactones) is 1. The fourth-order valence-corrected chi connectivity index (χ4v) is 7.56. The smallest absolute Gasteiger partial charge is 0.313 e. The second-order valence-electron chi connectivity index (χ2n) is 12.7. The van der Waals surface area contributed by atoms with Crippen molar-refractivity contribution in [3.8, 4) is 0 Å². The van der Waals surface area contributed by atoms with Crippen molar-refractivity contribution in [3.05, 3.63) is 89.5 Å². The van der Waals surface area contributed by atoms with E-state index in [0.717, 1.165) is 22.4 Å². The summed E-state index contributed by atoms with van der Waals surface area (Å²) in [6, 6.07) is 13.4. The van der Waals surface area contributed by atoms with Gasteiger partial charge in [-0.25, -0.2) is 0 Å². The summed E-state index contributed by atoms with van der Waals surface area (Å²) >= 11 is 0. The van der Waals surface area contributed by atoms with E-state index < -0.39 is 60.2 Å². The number of esters is 1. The largest absolute Gasteiger partial charge is 0.460 e. The van der Waals surface area contributed by atoms with Crippen LogP contribution in [0.3, 0.4) is 0 Å². The van der Waals surface area contributed by atoms with Crippen molar-refractivity contribution in [1.82, 2.24) is 10.2 Å². The molecule has 0 saturated carbocycles. The highest BCUT2D eigenvalue weighted by Gasteiger charge is 2.72. The third-order valence-corrected chi connectivity index (χ3v) is 9.60. The third kappa shape index (κ3) is 5.54. The summed E-state index contributed by atoms with van der Waals surface area (Å²) < 4.78 is 12.6. The molecule has 0 aromatic heterocycles. The summed E-state index contributed by atoms with van der Waals surface area (Å²) in [6.45, 7) is 5.55. The van der Waals surface area contributed by atoms with Gasteiger partial charge in [0, 0.05) is 18.7 Å². The summed E-state index contributed by atoms with van der Waals surface area (Å²) in [5, 5.41) is 13.6. The van der Waals surface area contributed by atoms with Gasteiger partial charge < -0.3 is 29.7 Å². The number of benzene rings is 2. The summed E-state index contributed by atoms with van der Waals surface area (Å²) in [5.74, 6) is -3.69. The lowest BCUT2D eigenvalue weighted by Crippen LogP contribution is -2.58. The fourth-order valence-electron chi connectivity index (χ4n) is 7.56. The Morgan fingerprint density at radius 3 is 2.46 bits per heavy atom. The number of aliphatic hydroxyl groups is 1. The molecule has 2 saturated heterocycles. The zero-order valence-electron chi connectivity index (χ0n) is 26.4. The van der Waals surface area contributed by atoms with E-state index in [-0.39, 0.29) is 31.3 Å². The maximum absolute atomic E-state index is 15.0. The second-order valence-corrected chi connectivity index (χ2v) is 12.7. The lowest BCUT2D eigenvalue weighted by Gasteiger charge is -2.39. The number of hydrogen-bond donors (Lipinski definition) is 2. The minimum absolute atomic E-state index is 0.137. The van der Waals surface area contributed by atoms with E-state index in [4.69, 9.17) is 9.47 Å². The quantitative estimate of drug-likeness (QED) is 0.386. The summed E-state index contributed by atoms with van der Waals surface area (Å²) in [6.07, 6.45) is 6.57. The number of ether oxygens (including phenoxy) is 2. The summed E-state index contributed by atoms with van der Waals surface area (Å²) in [5.41, 5.74) is 1.96. The highest BCUT2D eigenvalue weighted by molar-refractivity contribution is 6.06. The van der Waals surface area contributed by atoms with Gasteiger partial charge in [0.05, 0.1) is 31.2 Å². The molecule has 242 valence electrons. The Bertz CT molecular complexity index is 1550. The van der Waals surface area contributed by atoms with Crippen LogP contribution < -0.4 is 10.2 Å². The van der Waals surface area contributed by atoms with Gasteiger partial charge in [-0.3, -0.25) is 19.2 Å². The van der Waals surface area contributed by atoms with Crippen molar-refractivity contribution in [2.45, 2.75) is 69.9 Å². The van der Waals surface area contributed by atoms with E-state index in [1.807, 2.05) is 68.5 Å². The van der Waals surface area contributed by atoms with Gasteiger partial charge in [-0.1, -0.05) is 72.8 Å². The number of aryl methyl sites for hydroxylation is 2. The predicted octanol–water partition coefficient (Wildman–Crippen LogP) is 2.79. The first kappa shape index (κ1) is 31.7. The first-order chi connectivity index (χ1) is 22.2. The molecule has 4 aliphatic heterocycles. The Labute approximate surface area is 269 Å². The zero-order chi connectivity index (χ0) is 32.6. The molecule has 10 heteroatoms. The van der Waals surface area contributed by atoms with Crippen LogP contribution >= 0.6 is 0 Å². The molecule has 0 aliphatic carbocycles. The Kier molecular flexibility index (Phi) is 8.85. The second kappa shape index (κ2) is 12.8. The van der Waals surface area contributed by atoms with E-state index in [2.05, 4.69) is 5.32 Å². The number of allylic oxidation sites excluding steroid dienone is 1. The van der Waals surface area contributed by atoms with Crippen molar-refractivity contribution in [3.63, 3.8) is 0 Å². The molecule has 1 spiro atoms. The number of fused-ring (bicyclic) bond motifs is 2. The maximum atomic E-state index is 15.0. The molecule has 3 amide bonds. The Hall–Kier alpha value is -4.28. The van der Waals surface area contributed by atoms with Crippen molar-refractivity contribution in [2.24, 2.45) is 11.8 Å². The number of nitrogens with one attached hydrogen (secondary N) is 1. The van der Waals surface area contributed by atoms with Gasteiger partial charge in [0.25, 0.3) is 5.91 Å². The topological polar surface area (TPSA) is 125 Å². The monoisotopic (exact) mass is 627 g/mol. The first-order valence-electron chi connectivity index (χ1n) is 16.0. The van der Waals surface area contributed by atoms with Crippen LogP contribution in [-0.2, 0) is 35.1 Å². The van der Waals surface area contributed by atoms with Crippen molar-refractivity contribution >= 4 is 29.4 Å².